The molecular formula is C25H18BrClFN5O2S. The Labute approximate surface area is 220 Å². The highest BCUT2D eigenvalue weighted by Gasteiger charge is 2.18. The molecule has 0 bridgehead atoms. The van der Waals surface area contributed by atoms with Crippen LogP contribution in [0.4, 0.5) is 15.9 Å². The zero-order chi connectivity index (χ0) is 25.3. The number of hydrogen-bond acceptors (Lipinski definition) is 5. The molecule has 11 heteroatoms. The smallest absolute Gasteiger partial charge is 0.264 e. The summed E-state index contributed by atoms with van der Waals surface area (Å²) in [6, 6.07) is 21.4. The molecule has 0 fully saturated rings. The molecule has 0 spiro atoms. The van der Waals surface area contributed by atoms with E-state index in [4.69, 9.17) is 16.6 Å². The lowest BCUT2D eigenvalue weighted by atomic mass is 10.1. The molecule has 3 aromatic carbocycles. The van der Waals surface area contributed by atoms with Gasteiger partial charge < -0.3 is 5.32 Å². The minimum atomic E-state index is -4.04. The Kier molecular flexibility index (Phi) is 6.65. The Morgan fingerprint density at radius 2 is 1.72 bits per heavy atom. The van der Waals surface area contributed by atoms with Gasteiger partial charge in [-0.1, -0.05) is 54.1 Å². The molecule has 0 aliphatic heterocycles. The molecular weight excluding hydrogens is 569 g/mol. The van der Waals surface area contributed by atoms with Crippen molar-refractivity contribution in [3.63, 3.8) is 0 Å². The lowest BCUT2D eigenvalue weighted by Crippen LogP contribution is -2.14. The molecule has 0 aliphatic rings. The maximum Gasteiger partial charge on any atom is 0.264 e. The molecule has 182 valence electrons. The largest absolute Gasteiger partial charge is 0.366 e. The van der Waals surface area contributed by atoms with Crippen LogP contribution in [0.1, 0.15) is 5.56 Å². The van der Waals surface area contributed by atoms with Crippen molar-refractivity contribution in [1.82, 2.24) is 14.6 Å². The third-order valence-electron chi connectivity index (χ3n) is 5.38. The number of anilines is 2. The van der Waals surface area contributed by atoms with E-state index in [0.717, 1.165) is 21.7 Å². The quantitative estimate of drug-likeness (QED) is 0.232. The molecule has 0 unspecified atom stereocenters. The van der Waals surface area contributed by atoms with Gasteiger partial charge in [0.15, 0.2) is 5.65 Å². The molecule has 0 atom stereocenters. The molecule has 2 aromatic heterocycles. The standard InChI is InChI=1S/C25H18BrClFN5O2S/c26-19-15-30-33-24(13-22(31-25(19)33)18-5-1-2-6-20(18)27)29-14-16-9-11-17(12-10-16)32-36(34,35)23-8-4-3-7-21(23)28/h1-13,15,29,32H,14H2. The summed E-state index contributed by atoms with van der Waals surface area (Å²) < 4.78 is 43.8. The Morgan fingerprint density at radius 3 is 2.47 bits per heavy atom. The van der Waals surface area contributed by atoms with Crippen molar-refractivity contribution in [2.45, 2.75) is 11.4 Å². The van der Waals surface area contributed by atoms with E-state index in [1.807, 2.05) is 30.3 Å². The number of benzene rings is 3. The molecule has 2 N–H and O–H groups in total. The van der Waals surface area contributed by atoms with E-state index < -0.39 is 20.7 Å². The van der Waals surface area contributed by atoms with E-state index in [-0.39, 0.29) is 0 Å². The third-order valence-corrected chi connectivity index (χ3v) is 7.69. The second-order valence-corrected chi connectivity index (χ2v) is 10.7. The molecule has 0 radical (unpaired) electrons. The van der Waals surface area contributed by atoms with E-state index in [0.29, 0.717) is 34.4 Å². The first-order valence-corrected chi connectivity index (χ1v) is 13.4. The number of nitrogens with zero attached hydrogens (tertiary/aromatic N) is 3. The van der Waals surface area contributed by atoms with Crippen LogP contribution >= 0.6 is 27.5 Å². The van der Waals surface area contributed by atoms with Crippen molar-refractivity contribution >= 4 is 54.7 Å². The number of nitrogens with one attached hydrogen (secondary N) is 2. The van der Waals surface area contributed by atoms with E-state index >= 15 is 0 Å². The highest BCUT2D eigenvalue weighted by Crippen LogP contribution is 2.30. The van der Waals surface area contributed by atoms with Crippen LogP contribution in [-0.4, -0.2) is 23.0 Å². The predicted octanol–water partition coefficient (Wildman–Crippen LogP) is 6.36. The van der Waals surface area contributed by atoms with E-state index in [1.54, 1.807) is 35.0 Å². The van der Waals surface area contributed by atoms with Gasteiger partial charge in [-0.05, 0) is 51.8 Å². The summed E-state index contributed by atoms with van der Waals surface area (Å²) in [6.45, 7) is 0.429. The van der Waals surface area contributed by atoms with Crippen LogP contribution in [-0.2, 0) is 16.6 Å². The highest BCUT2D eigenvalue weighted by atomic mass is 79.9. The van der Waals surface area contributed by atoms with E-state index in [9.17, 15) is 12.8 Å². The Morgan fingerprint density at radius 1 is 1.00 bits per heavy atom. The zero-order valence-corrected chi connectivity index (χ0v) is 21.6. The lowest BCUT2D eigenvalue weighted by molar-refractivity contribution is 0.570. The summed E-state index contributed by atoms with van der Waals surface area (Å²) in [5, 5.41) is 8.33. The van der Waals surface area contributed by atoms with Crippen LogP contribution in [0.3, 0.4) is 0 Å². The van der Waals surface area contributed by atoms with Gasteiger partial charge in [-0.15, -0.1) is 0 Å². The van der Waals surface area contributed by atoms with Gasteiger partial charge in [0.05, 0.1) is 16.4 Å². The molecule has 5 rings (SSSR count). The summed E-state index contributed by atoms with van der Waals surface area (Å²) in [5.41, 5.74) is 3.33. The van der Waals surface area contributed by atoms with Crippen molar-refractivity contribution in [2.24, 2.45) is 0 Å². The maximum atomic E-state index is 13.9. The fourth-order valence-electron chi connectivity index (χ4n) is 3.62. The normalized spacial score (nSPS) is 11.5. The van der Waals surface area contributed by atoms with Crippen LogP contribution in [0.5, 0.6) is 0 Å². The molecule has 0 aliphatic carbocycles. The summed E-state index contributed by atoms with van der Waals surface area (Å²) in [4.78, 5) is 4.29. The van der Waals surface area contributed by atoms with Gasteiger partial charge >= 0.3 is 0 Å². The highest BCUT2D eigenvalue weighted by molar-refractivity contribution is 9.10. The Bertz CT molecular complexity index is 1680. The molecule has 0 saturated carbocycles. The number of fused-ring (bicyclic) bond motifs is 1. The molecule has 0 amide bonds. The van der Waals surface area contributed by atoms with Gasteiger partial charge in [0.1, 0.15) is 16.5 Å². The first-order chi connectivity index (χ1) is 17.3. The van der Waals surface area contributed by atoms with Crippen LogP contribution < -0.4 is 10.0 Å². The van der Waals surface area contributed by atoms with Gasteiger partial charge in [-0.2, -0.15) is 9.61 Å². The molecule has 2 heterocycles. The summed E-state index contributed by atoms with van der Waals surface area (Å²) >= 11 is 9.88. The third kappa shape index (κ3) is 4.92. The lowest BCUT2D eigenvalue weighted by Gasteiger charge is -2.12. The first kappa shape index (κ1) is 24.2. The van der Waals surface area contributed by atoms with Gasteiger partial charge in [0.25, 0.3) is 10.0 Å². The Hall–Kier alpha value is -3.47. The topological polar surface area (TPSA) is 88.4 Å². The van der Waals surface area contributed by atoms with Crippen molar-refractivity contribution in [2.75, 3.05) is 10.0 Å². The number of aromatic nitrogens is 3. The van der Waals surface area contributed by atoms with Crippen molar-refractivity contribution in [3.8, 4) is 11.3 Å². The molecule has 0 saturated heterocycles. The average Bonchev–Trinajstić information content (AvgIpc) is 3.24. The monoisotopic (exact) mass is 585 g/mol. The summed E-state index contributed by atoms with van der Waals surface area (Å²) in [7, 11) is -4.04. The number of rotatable bonds is 7. The van der Waals surface area contributed by atoms with E-state index in [2.05, 4.69) is 31.1 Å². The molecule has 5 aromatic rings. The van der Waals surface area contributed by atoms with Crippen molar-refractivity contribution < 1.29 is 12.8 Å². The van der Waals surface area contributed by atoms with Crippen LogP contribution in [0.15, 0.2) is 94.4 Å². The van der Waals surface area contributed by atoms with Crippen LogP contribution in [0.25, 0.3) is 16.9 Å². The molecule has 36 heavy (non-hydrogen) atoms. The summed E-state index contributed by atoms with van der Waals surface area (Å²) in [6.07, 6.45) is 1.67. The predicted molar refractivity (Wildman–Crippen MR) is 142 cm³/mol. The van der Waals surface area contributed by atoms with Crippen LogP contribution in [0.2, 0.25) is 5.02 Å². The van der Waals surface area contributed by atoms with Crippen molar-refractivity contribution in [1.29, 1.82) is 0 Å². The van der Waals surface area contributed by atoms with Crippen LogP contribution in [0, 0.1) is 5.82 Å². The van der Waals surface area contributed by atoms with Gasteiger partial charge in [-0.3, -0.25) is 4.72 Å². The number of halogens is 3. The van der Waals surface area contributed by atoms with Gasteiger partial charge in [0, 0.05) is 28.9 Å². The minimum Gasteiger partial charge on any atom is -0.366 e. The first-order valence-electron chi connectivity index (χ1n) is 10.7. The van der Waals surface area contributed by atoms with E-state index in [1.165, 1.54) is 18.2 Å². The fourth-order valence-corrected chi connectivity index (χ4v) is 5.34. The zero-order valence-electron chi connectivity index (χ0n) is 18.5. The fraction of sp³-hybridized carbons (Fsp3) is 0.0400. The Balaban J connectivity index is 1.36. The number of sulfonamides is 1. The van der Waals surface area contributed by atoms with Gasteiger partial charge in [0.2, 0.25) is 0 Å². The minimum absolute atomic E-state index is 0.324. The second kappa shape index (κ2) is 9.88. The maximum absolute atomic E-state index is 13.9. The SMILES string of the molecule is O=S(=O)(Nc1ccc(CNc2cc(-c3ccccc3Cl)nc3c(Br)cnn23)cc1)c1ccccc1F. The van der Waals surface area contributed by atoms with Crippen molar-refractivity contribution in [3.05, 3.63) is 106 Å². The average molecular weight is 587 g/mol. The molecule has 7 nitrogen and oxygen atoms in total. The second-order valence-electron chi connectivity index (χ2n) is 7.82. The van der Waals surface area contributed by atoms with Gasteiger partial charge in [-0.25, -0.2) is 17.8 Å². The summed E-state index contributed by atoms with van der Waals surface area (Å²) in [5.74, 6) is -0.110. The number of hydrogen-bond donors (Lipinski definition) is 2.